The Morgan fingerprint density at radius 2 is 2.22 bits per heavy atom. The number of nitrogens with zero attached hydrogens (tertiary/aromatic N) is 2. The second kappa shape index (κ2) is 5.70. The highest BCUT2D eigenvalue weighted by molar-refractivity contribution is 6.76. The maximum absolute atomic E-state index is 9.84. The maximum Gasteiger partial charge on any atom is 0.166 e. The van der Waals surface area contributed by atoms with E-state index in [1.807, 2.05) is 0 Å². The topological polar surface area (TPSA) is 47.3 Å². The number of aromatic nitrogens is 2. The molecule has 5 heteroatoms. The zero-order valence-electron chi connectivity index (χ0n) is 11.6. The van der Waals surface area contributed by atoms with Crippen molar-refractivity contribution in [3.63, 3.8) is 0 Å². The van der Waals surface area contributed by atoms with Crippen molar-refractivity contribution in [2.45, 2.75) is 44.9 Å². The molecule has 1 N–H and O–H groups in total. The van der Waals surface area contributed by atoms with Gasteiger partial charge in [-0.05, 0) is 13.0 Å². The molecule has 1 aromatic rings. The van der Waals surface area contributed by atoms with Crippen molar-refractivity contribution in [1.29, 1.82) is 0 Å². The summed E-state index contributed by atoms with van der Waals surface area (Å²) in [4.78, 5) is 4.09. The molecule has 0 radical (unpaired) electrons. The lowest BCUT2D eigenvalue weighted by Crippen LogP contribution is -2.22. The SMILES string of the molecule is C#CC(C)(O)c1cn(COCC[Si](C)(C)C)cn1. The minimum atomic E-state index is -1.32. The van der Waals surface area contributed by atoms with Crippen molar-refractivity contribution in [2.24, 2.45) is 0 Å². The Morgan fingerprint density at radius 1 is 1.56 bits per heavy atom. The third-order valence-electron chi connectivity index (χ3n) is 2.65. The molecule has 100 valence electrons. The zero-order valence-corrected chi connectivity index (χ0v) is 12.6. The first-order valence-electron chi connectivity index (χ1n) is 6.05. The first-order valence-corrected chi connectivity index (χ1v) is 9.75. The number of rotatable bonds is 6. The molecule has 1 rings (SSSR count). The van der Waals surface area contributed by atoms with Gasteiger partial charge in [0.2, 0.25) is 0 Å². The van der Waals surface area contributed by atoms with Crippen LogP contribution in [0.25, 0.3) is 0 Å². The van der Waals surface area contributed by atoms with E-state index in [0.29, 0.717) is 12.4 Å². The molecule has 1 unspecified atom stereocenters. The molecule has 0 fully saturated rings. The summed E-state index contributed by atoms with van der Waals surface area (Å²) >= 11 is 0. The Morgan fingerprint density at radius 3 is 2.78 bits per heavy atom. The fourth-order valence-corrected chi connectivity index (χ4v) is 2.06. The molecule has 4 nitrogen and oxygen atoms in total. The van der Waals surface area contributed by atoms with Crippen LogP contribution in [0.4, 0.5) is 0 Å². The Hall–Kier alpha value is -1.09. The largest absolute Gasteiger partial charge is 0.372 e. The summed E-state index contributed by atoms with van der Waals surface area (Å²) in [6, 6.07) is 1.14. The molecule has 18 heavy (non-hydrogen) atoms. The first-order chi connectivity index (χ1) is 8.24. The van der Waals surface area contributed by atoms with Gasteiger partial charge in [-0.15, -0.1) is 6.42 Å². The fraction of sp³-hybridized carbons (Fsp3) is 0.615. The van der Waals surface area contributed by atoms with E-state index in [2.05, 4.69) is 30.5 Å². The van der Waals surface area contributed by atoms with Gasteiger partial charge in [0, 0.05) is 20.9 Å². The molecule has 0 aliphatic rings. The quantitative estimate of drug-likeness (QED) is 0.487. The number of ether oxygens (including phenoxy) is 1. The molecular weight excluding hydrogens is 244 g/mol. The van der Waals surface area contributed by atoms with Crippen molar-refractivity contribution in [2.75, 3.05) is 6.61 Å². The lowest BCUT2D eigenvalue weighted by Gasteiger charge is -2.15. The van der Waals surface area contributed by atoms with Gasteiger partial charge in [0.15, 0.2) is 5.60 Å². The van der Waals surface area contributed by atoms with Crippen LogP contribution < -0.4 is 0 Å². The molecule has 0 saturated heterocycles. The molecule has 1 heterocycles. The van der Waals surface area contributed by atoms with Crippen LogP contribution in [0.5, 0.6) is 0 Å². The summed E-state index contributed by atoms with van der Waals surface area (Å²) in [7, 11) is -1.04. The van der Waals surface area contributed by atoms with E-state index in [-0.39, 0.29) is 0 Å². The van der Waals surface area contributed by atoms with Gasteiger partial charge < -0.3 is 14.4 Å². The molecule has 0 spiro atoms. The first kappa shape index (κ1) is 15.0. The highest BCUT2D eigenvalue weighted by atomic mass is 28.3. The predicted octanol–water partition coefficient (Wildman–Crippen LogP) is 2.04. The number of imidazole rings is 1. The third-order valence-corrected chi connectivity index (χ3v) is 4.35. The maximum atomic E-state index is 9.84. The molecule has 0 aliphatic carbocycles. The summed E-state index contributed by atoms with van der Waals surface area (Å²) < 4.78 is 7.36. The highest BCUT2D eigenvalue weighted by Gasteiger charge is 2.22. The second-order valence-electron chi connectivity index (χ2n) is 5.84. The van der Waals surface area contributed by atoms with Gasteiger partial charge in [-0.2, -0.15) is 0 Å². The van der Waals surface area contributed by atoms with E-state index in [1.54, 1.807) is 24.0 Å². The normalized spacial score (nSPS) is 15.1. The molecule has 0 aromatic carbocycles. The van der Waals surface area contributed by atoms with Gasteiger partial charge in [0.05, 0.1) is 6.33 Å². The third kappa shape index (κ3) is 4.65. The van der Waals surface area contributed by atoms with E-state index >= 15 is 0 Å². The van der Waals surface area contributed by atoms with Crippen LogP contribution in [0.15, 0.2) is 12.5 Å². The Bertz CT molecular complexity index is 427. The number of aliphatic hydroxyl groups is 1. The molecule has 1 aromatic heterocycles. The van der Waals surface area contributed by atoms with Gasteiger partial charge in [0.1, 0.15) is 12.4 Å². The van der Waals surface area contributed by atoms with Gasteiger partial charge in [-0.1, -0.05) is 25.6 Å². The molecule has 0 bridgehead atoms. The van der Waals surface area contributed by atoms with Crippen molar-refractivity contribution in [3.05, 3.63) is 18.2 Å². The Kier molecular flexibility index (Phi) is 4.74. The van der Waals surface area contributed by atoms with Crippen LogP contribution in [0, 0.1) is 12.3 Å². The number of hydrogen-bond acceptors (Lipinski definition) is 3. The van der Waals surface area contributed by atoms with Crippen LogP contribution in [0.3, 0.4) is 0 Å². The summed E-state index contributed by atoms with van der Waals surface area (Å²) in [5.74, 6) is 2.30. The van der Waals surface area contributed by atoms with Gasteiger partial charge in [-0.25, -0.2) is 4.98 Å². The van der Waals surface area contributed by atoms with Crippen molar-refractivity contribution in [3.8, 4) is 12.3 Å². The molecular formula is C13H22N2O2Si. The van der Waals surface area contributed by atoms with Crippen molar-refractivity contribution in [1.82, 2.24) is 9.55 Å². The Balaban J connectivity index is 2.44. The lowest BCUT2D eigenvalue weighted by molar-refractivity contribution is 0.0862. The van der Waals surface area contributed by atoms with E-state index in [0.717, 1.165) is 12.7 Å². The molecule has 1 atom stereocenters. The van der Waals surface area contributed by atoms with Gasteiger partial charge in [-0.3, -0.25) is 0 Å². The summed E-state index contributed by atoms with van der Waals surface area (Å²) in [6.07, 6.45) is 8.58. The summed E-state index contributed by atoms with van der Waals surface area (Å²) in [6.45, 7) is 9.69. The zero-order chi connectivity index (χ0) is 13.8. The smallest absolute Gasteiger partial charge is 0.166 e. The lowest BCUT2D eigenvalue weighted by atomic mass is 10.1. The summed E-state index contributed by atoms with van der Waals surface area (Å²) in [5.41, 5.74) is -0.845. The number of terminal acetylenes is 1. The average molecular weight is 266 g/mol. The minimum Gasteiger partial charge on any atom is -0.372 e. The van der Waals surface area contributed by atoms with Crippen LogP contribution >= 0.6 is 0 Å². The van der Waals surface area contributed by atoms with Crippen molar-refractivity contribution < 1.29 is 9.84 Å². The van der Waals surface area contributed by atoms with Crippen LogP contribution in [-0.2, 0) is 17.1 Å². The highest BCUT2D eigenvalue weighted by Crippen LogP contribution is 2.16. The number of hydrogen-bond donors (Lipinski definition) is 1. The molecule has 0 aliphatic heterocycles. The monoisotopic (exact) mass is 266 g/mol. The predicted molar refractivity (Wildman–Crippen MR) is 74.7 cm³/mol. The summed E-state index contributed by atoms with van der Waals surface area (Å²) in [5, 5.41) is 9.84. The Labute approximate surface area is 110 Å². The van der Waals surface area contributed by atoms with E-state index in [4.69, 9.17) is 11.2 Å². The van der Waals surface area contributed by atoms with E-state index in [1.165, 1.54) is 0 Å². The van der Waals surface area contributed by atoms with E-state index in [9.17, 15) is 5.11 Å². The second-order valence-corrected chi connectivity index (χ2v) is 11.5. The average Bonchev–Trinajstić information content (AvgIpc) is 2.72. The van der Waals surface area contributed by atoms with Crippen molar-refractivity contribution >= 4 is 8.07 Å². The van der Waals surface area contributed by atoms with Crippen LogP contribution in [0.1, 0.15) is 12.6 Å². The minimum absolute atomic E-state index is 0.443. The molecule has 0 saturated carbocycles. The standard InChI is InChI=1S/C13H22N2O2Si/c1-6-13(2,16)12-9-15(10-14-12)11-17-7-8-18(3,4)5/h1,9-10,16H,7-8,11H2,2-5H3. The van der Waals surface area contributed by atoms with Crippen LogP contribution in [0.2, 0.25) is 25.7 Å². The van der Waals surface area contributed by atoms with Crippen LogP contribution in [-0.4, -0.2) is 29.3 Å². The van der Waals surface area contributed by atoms with Gasteiger partial charge >= 0.3 is 0 Å². The molecule has 0 amide bonds. The fourth-order valence-electron chi connectivity index (χ4n) is 1.30. The van der Waals surface area contributed by atoms with E-state index < -0.39 is 13.7 Å². The van der Waals surface area contributed by atoms with Gasteiger partial charge in [0.25, 0.3) is 0 Å².